The van der Waals surface area contributed by atoms with Gasteiger partial charge in [0.25, 0.3) is 0 Å². The van der Waals surface area contributed by atoms with E-state index < -0.39 is 12.2 Å². The van der Waals surface area contributed by atoms with E-state index in [-0.39, 0.29) is 6.04 Å². The van der Waals surface area contributed by atoms with Crippen LogP contribution in [-0.4, -0.2) is 23.7 Å². The third-order valence-corrected chi connectivity index (χ3v) is 4.24. The maximum atomic E-state index is 13.1. The van der Waals surface area contributed by atoms with Crippen LogP contribution in [0.2, 0.25) is 0 Å². The van der Waals surface area contributed by atoms with E-state index in [1.54, 1.807) is 30.0 Å². The fourth-order valence-corrected chi connectivity index (χ4v) is 3.22. The molecule has 1 aliphatic heterocycles. The molecule has 100 valence electrons. The molecule has 0 aliphatic carbocycles. The van der Waals surface area contributed by atoms with Gasteiger partial charge in [0.2, 0.25) is 0 Å². The molecule has 2 atom stereocenters. The molecule has 5 heteroatoms. The van der Waals surface area contributed by atoms with Gasteiger partial charge in [0, 0.05) is 11.8 Å². The molecule has 0 bridgehead atoms. The molecule has 0 spiro atoms. The highest BCUT2D eigenvalue weighted by molar-refractivity contribution is 7.99. The molecule has 0 saturated carbocycles. The van der Waals surface area contributed by atoms with Gasteiger partial charge >= 0.3 is 6.18 Å². The first-order chi connectivity index (χ1) is 8.57. The summed E-state index contributed by atoms with van der Waals surface area (Å²) >= 11 is 1.72. The van der Waals surface area contributed by atoms with Gasteiger partial charge in [0.05, 0.1) is 0 Å². The number of nitrogens with one attached hydrogen (secondary N) is 1. The molecule has 18 heavy (non-hydrogen) atoms. The van der Waals surface area contributed by atoms with Crippen LogP contribution in [0.5, 0.6) is 0 Å². The zero-order chi connectivity index (χ0) is 13.0. The number of thioether (sulfide) groups is 1. The Morgan fingerprint density at radius 1 is 1.22 bits per heavy atom. The Kier molecular flexibility index (Phi) is 4.56. The number of benzene rings is 1. The smallest absolute Gasteiger partial charge is 0.299 e. The van der Waals surface area contributed by atoms with Crippen molar-refractivity contribution in [3.8, 4) is 0 Å². The summed E-state index contributed by atoms with van der Waals surface area (Å²) in [6, 6.07) is 6.48. The van der Waals surface area contributed by atoms with E-state index in [2.05, 4.69) is 5.32 Å². The minimum absolute atomic E-state index is 0.0458. The standard InChI is InChI=1S/C13H16F3NS/c14-13(15,16)12(10-5-2-1-3-6-10)17-11-7-4-8-18-9-11/h1-3,5-6,11-12,17H,4,7-9H2. The number of hydrogen-bond acceptors (Lipinski definition) is 2. The van der Waals surface area contributed by atoms with Gasteiger partial charge in [-0.1, -0.05) is 30.3 Å². The van der Waals surface area contributed by atoms with Gasteiger partial charge in [0.1, 0.15) is 6.04 Å². The van der Waals surface area contributed by atoms with Crippen molar-refractivity contribution in [2.24, 2.45) is 0 Å². The molecule has 1 aromatic rings. The molecule has 1 fully saturated rings. The summed E-state index contributed by atoms with van der Waals surface area (Å²) in [6.07, 6.45) is -2.43. The second kappa shape index (κ2) is 5.97. The second-order valence-electron chi connectivity index (χ2n) is 4.47. The third kappa shape index (κ3) is 3.65. The van der Waals surface area contributed by atoms with E-state index in [1.165, 1.54) is 12.1 Å². The van der Waals surface area contributed by atoms with Crippen LogP contribution in [0.4, 0.5) is 13.2 Å². The normalized spacial score (nSPS) is 22.7. The Morgan fingerprint density at radius 2 is 1.94 bits per heavy atom. The van der Waals surface area contributed by atoms with Gasteiger partial charge in [-0.3, -0.25) is 5.32 Å². The summed E-state index contributed by atoms with van der Waals surface area (Å²) in [5.74, 6) is 1.82. The largest absolute Gasteiger partial charge is 0.407 e. The predicted molar refractivity (Wildman–Crippen MR) is 68.7 cm³/mol. The van der Waals surface area contributed by atoms with Crippen molar-refractivity contribution in [3.63, 3.8) is 0 Å². The Morgan fingerprint density at radius 3 is 2.50 bits per heavy atom. The Balaban J connectivity index is 2.11. The third-order valence-electron chi connectivity index (χ3n) is 3.02. The lowest BCUT2D eigenvalue weighted by Gasteiger charge is -2.29. The summed E-state index contributed by atoms with van der Waals surface area (Å²) < 4.78 is 39.3. The van der Waals surface area contributed by atoms with E-state index in [0.717, 1.165) is 24.3 Å². The predicted octanol–water partition coefficient (Wildman–Crippen LogP) is 3.78. The fourth-order valence-electron chi connectivity index (χ4n) is 2.13. The molecule has 1 N–H and O–H groups in total. The average molecular weight is 275 g/mol. The van der Waals surface area contributed by atoms with Crippen LogP contribution in [-0.2, 0) is 0 Å². The van der Waals surface area contributed by atoms with Gasteiger partial charge in [-0.15, -0.1) is 0 Å². The lowest BCUT2D eigenvalue weighted by Crippen LogP contribution is -2.43. The molecule has 1 saturated heterocycles. The van der Waals surface area contributed by atoms with Gasteiger partial charge < -0.3 is 0 Å². The maximum absolute atomic E-state index is 13.1. The highest BCUT2D eigenvalue weighted by atomic mass is 32.2. The molecule has 0 radical (unpaired) electrons. The van der Waals surface area contributed by atoms with Crippen LogP contribution in [0.15, 0.2) is 30.3 Å². The minimum atomic E-state index is -4.25. The fraction of sp³-hybridized carbons (Fsp3) is 0.538. The Labute approximate surface area is 109 Å². The van der Waals surface area contributed by atoms with E-state index in [0.29, 0.717) is 5.56 Å². The Bertz CT molecular complexity index is 360. The second-order valence-corrected chi connectivity index (χ2v) is 5.62. The molecule has 0 amide bonds. The first-order valence-electron chi connectivity index (χ1n) is 6.03. The molecular weight excluding hydrogens is 259 g/mol. The molecule has 1 aromatic carbocycles. The van der Waals surface area contributed by atoms with Gasteiger partial charge in [-0.05, 0) is 24.2 Å². The molecule has 0 aromatic heterocycles. The van der Waals surface area contributed by atoms with Crippen molar-refractivity contribution >= 4 is 11.8 Å². The molecule has 1 heterocycles. The van der Waals surface area contributed by atoms with Gasteiger partial charge in [0.15, 0.2) is 0 Å². The van der Waals surface area contributed by atoms with Gasteiger partial charge in [-0.25, -0.2) is 0 Å². The maximum Gasteiger partial charge on any atom is 0.407 e. The lowest BCUT2D eigenvalue weighted by atomic mass is 10.0. The van der Waals surface area contributed by atoms with Crippen molar-refractivity contribution in [3.05, 3.63) is 35.9 Å². The van der Waals surface area contributed by atoms with Crippen LogP contribution in [0.3, 0.4) is 0 Å². The monoisotopic (exact) mass is 275 g/mol. The van der Waals surface area contributed by atoms with Crippen LogP contribution in [0.1, 0.15) is 24.4 Å². The van der Waals surface area contributed by atoms with Gasteiger partial charge in [-0.2, -0.15) is 24.9 Å². The SMILES string of the molecule is FC(F)(F)C(NC1CCCSC1)c1ccccc1. The van der Waals surface area contributed by atoms with E-state index in [1.807, 2.05) is 0 Å². The molecule has 1 nitrogen and oxygen atoms in total. The van der Waals surface area contributed by atoms with Crippen molar-refractivity contribution in [2.45, 2.75) is 31.1 Å². The Hall–Kier alpha value is -0.680. The topological polar surface area (TPSA) is 12.0 Å². The molecule has 2 unspecified atom stereocenters. The lowest BCUT2D eigenvalue weighted by molar-refractivity contribution is -0.159. The summed E-state index contributed by atoms with van der Waals surface area (Å²) in [6.45, 7) is 0. The summed E-state index contributed by atoms with van der Waals surface area (Å²) in [5.41, 5.74) is 0.292. The van der Waals surface area contributed by atoms with Crippen molar-refractivity contribution in [2.75, 3.05) is 11.5 Å². The van der Waals surface area contributed by atoms with Crippen LogP contribution >= 0.6 is 11.8 Å². The number of halogens is 3. The molecule has 1 aliphatic rings. The zero-order valence-electron chi connectivity index (χ0n) is 9.91. The molecule has 2 rings (SSSR count). The summed E-state index contributed by atoms with van der Waals surface area (Å²) in [4.78, 5) is 0. The highest BCUT2D eigenvalue weighted by Gasteiger charge is 2.41. The quantitative estimate of drug-likeness (QED) is 0.901. The van der Waals surface area contributed by atoms with Crippen molar-refractivity contribution < 1.29 is 13.2 Å². The van der Waals surface area contributed by atoms with Crippen LogP contribution < -0.4 is 5.32 Å². The van der Waals surface area contributed by atoms with Crippen molar-refractivity contribution in [1.82, 2.24) is 5.32 Å². The number of rotatable bonds is 3. The van der Waals surface area contributed by atoms with E-state index in [9.17, 15) is 13.2 Å². The zero-order valence-corrected chi connectivity index (χ0v) is 10.7. The number of hydrogen-bond donors (Lipinski definition) is 1. The molecular formula is C13H16F3NS. The minimum Gasteiger partial charge on any atom is -0.299 e. The van der Waals surface area contributed by atoms with E-state index in [4.69, 9.17) is 0 Å². The summed E-state index contributed by atoms with van der Waals surface area (Å²) in [7, 11) is 0. The average Bonchev–Trinajstić information content (AvgIpc) is 2.37. The number of alkyl halides is 3. The van der Waals surface area contributed by atoms with Crippen LogP contribution in [0.25, 0.3) is 0 Å². The summed E-state index contributed by atoms with van der Waals surface area (Å²) in [5, 5.41) is 2.77. The first-order valence-corrected chi connectivity index (χ1v) is 7.18. The first kappa shape index (κ1) is 13.7. The van der Waals surface area contributed by atoms with Crippen molar-refractivity contribution in [1.29, 1.82) is 0 Å². The van der Waals surface area contributed by atoms with E-state index >= 15 is 0 Å². The van der Waals surface area contributed by atoms with Crippen LogP contribution in [0, 0.1) is 0 Å². The highest BCUT2D eigenvalue weighted by Crippen LogP contribution is 2.34.